The Labute approximate surface area is 689 Å². The predicted molar refractivity (Wildman–Crippen MR) is 472 cm³/mol. The summed E-state index contributed by atoms with van der Waals surface area (Å²) >= 11 is 0. The van der Waals surface area contributed by atoms with E-state index in [1.807, 2.05) is 0 Å². The maximum Gasteiger partial charge on any atom is 0.472 e. The van der Waals surface area contributed by atoms with Crippen LogP contribution in [0.3, 0.4) is 0 Å². The van der Waals surface area contributed by atoms with E-state index < -0.39 is 91.5 Å². The zero-order valence-electron chi connectivity index (χ0n) is 71.3. The van der Waals surface area contributed by atoms with Crippen LogP contribution in [-0.2, 0) is 55.8 Å². The van der Waals surface area contributed by atoms with E-state index in [0.29, 0.717) is 19.3 Å². The molecule has 0 amide bonds. The van der Waals surface area contributed by atoms with Crippen LogP contribution in [0, 0.1) is 0 Å². The molecule has 0 aliphatic heterocycles. The second-order valence-corrected chi connectivity index (χ2v) is 32.6. The number of aliphatic hydroxyl groups excluding tert-OH is 2. The standard InChI is InChI=1S/C95H162O16P2/c1-4-7-10-13-16-19-22-25-28-31-34-36-38-40-42-43-44-45-47-49-50-52-55-57-60-63-66-69-72-75-78-81-93(98)105-84-90(96)85-107-112(101,102)108-86-91(97)87-109-113(103,104)110-89-92(111-95(100)83-80-77-74-71-68-65-62-59-54-33-30-27-24-21-18-15-12-9-6-3)88-106-94(99)82-79-76-73-70-67-64-61-58-56-53-51-48-46-41-39-37-35-32-29-26-23-20-17-14-11-8-5-2/h8,11,16-21,25-30,34-37,40-42,46,51,53-54,59,90-92,96-97H,4-7,9-10,12-15,22-24,31-33,38-39,43-45,47-50,52,55-58,60-89H2,1-3H3,(H,101,102)(H,103,104)/b11-8-,19-16-,20-17-,21-18-,28-25-,29-26-,30-27-,36-34-,37-35-,42-40-,46-41-,53-51-,59-54-. The highest BCUT2D eigenvalue weighted by molar-refractivity contribution is 7.47. The van der Waals surface area contributed by atoms with Crippen molar-refractivity contribution >= 4 is 33.6 Å². The average molecular weight is 1620 g/mol. The van der Waals surface area contributed by atoms with Crippen LogP contribution in [-0.4, -0.2) is 95.9 Å². The summed E-state index contributed by atoms with van der Waals surface area (Å²) in [6.07, 6.45) is 110. The third-order valence-electron chi connectivity index (χ3n) is 18.7. The molecule has 0 aromatic heterocycles. The molecule has 0 saturated carbocycles. The van der Waals surface area contributed by atoms with Gasteiger partial charge in [-0.05, 0) is 154 Å². The van der Waals surface area contributed by atoms with Gasteiger partial charge in [-0.3, -0.25) is 32.5 Å². The molecule has 5 unspecified atom stereocenters. The number of aliphatic hydroxyl groups is 2. The molecule has 0 radical (unpaired) electrons. The van der Waals surface area contributed by atoms with E-state index in [4.69, 9.17) is 32.3 Å². The van der Waals surface area contributed by atoms with Crippen molar-refractivity contribution in [1.29, 1.82) is 0 Å². The molecule has 0 spiro atoms. The number of unbranched alkanes of at least 4 members (excludes halogenated alkanes) is 35. The fourth-order valence-electron chi connectivity index (χ4n) is 11.9. The number of allylic oxidation sites excluding steroid dienone is 26. The second-order valence-electron chi connectivity index (χ2n) is 29.7. The van der Waals surface area contributed by atoms with Crippen LogP contribution in [0.15, 0.2) is 158 Å². The molecule has 0 aromatic carbocycles. The number of hydrogen-bond donors (Lipinski definition) is 4. The molecule has 0 saturated heterocycles. The summed E-state index contributed by atoms with van der Waals surface area (Å²) in [7, 11) is -9.81. The maximum atomic E-state index is 13.0. The minimum atomic E-state index is -4.95. The largest absolute Gasteiger partial charge is 0.472 e. The number of phosphoric ester groups is 2. The number of hydrogen-bond acceptors (Lipinski definition) is 14. The van der Waals surface area contributed by atoms with E-state index in [2.05, 4.69) is 179 Å². The van der Waals surface area contributed by atoms with Gasteiger partial charge in [-0.2, -0.15) is 0 Å². The van der Waals surface area contributed by atoms with Crippen molar-refractivity contribution in [2.24, 2.45) is 0 Å². The first-order valence-corrected chi connectivity index (χ1v) is 47.8. The molecular formula is C95H162O16P2. The highest BCUT2D eigenvalue weighted by atomic mass is 31.2. The highest BCUT2D eigenvalue weighted by Crippen LogP contribution is 2.45. The molecule has 0 aliphatic carbocycles. The Morgan fingerprint density at radius 1 is 0.257 bits per heavy atom. The Morgan fingerprint density at radius 3 is 0.743 bits per heavy atom. The van der Waals surface area contributed by atoms with E-state index in [1.54, 1.807) is 0 Å². The summed E-state index contributed by atoms with van der Waals surface area (Å²) in [5, 5.41) is 20.7. The van der Waals surface area contributed by atoms with Gasteiger partial charge in [0.2, 0.25) is 0 Å². The first-order valence-electron chi connectivity index (χ1n) is 44.8. The summed E-state index contributed by atoms with van der Waals surface area (Å²) in [6, 6.07) is 0. The smallest absolute Gasteiger partial charge is 0.463 e. The number of rotatable bonds is 84. The molecule has 16 nitrogen and oxygen atoms in total. The average Bonchev–Trinajstić information content (AvgIpc) is 0.901. The van der Waals surface area contributed by atoms with Crippen molar-refractivity contribution in [1.82, 2.24) is 0 Å². The first kappa shape index (κ1) is 108. The maximum absolute atomic E-state index is 13.0. The van der Waals surface area contributed by atoms with E-state index in [1.165, 1.54) is 128 Å². The molecule has 18 heteroatoms. The van der Waals surface area contributed by atoms with Crippen molar-refractivity contribution in [2.75, 3.05) is 39.6 Å². The van der Waals surface area contributed by atoms with Gasteiger partial charge in [0.05, 0.1) is 26.4 Å². The quantitative estimate of drug-likeness (QED) is 0.0146. The van der Waals surface area contributed by atoms with Gasteiger partial charge in [0.25, 0.3) is 0 Å². The van der Waals surface area contributed by atoms with Crippen molar-refractivity contribution in [2.45, 2.75) is 386 Å². The van der Waals surface area contributed by atoms with Gasteiger partial charge in [0.1, 0.15) is 25.4 Å². The summed E-state index contributed by atoms with van der Waals surface area (Å²) in [5.74, 6) is -1.59. The van der Waals surface area contributed by atoms with Gasteiger partial charge < -0.3 is 34.2 Å². The minimum Gasteiger partial charge on any atom is -0.463 e. The normalized spacial score (nSPS) is 14.6. The Morgan fingerprint density at radius 2 is 0.469 bits per heavy atom. The van der Waals surface area contributed by atoms with Crippen molar-refractivity contribution in [3.8, 4) is 0 Å². The van der Waals surface area contributed by atoms with E-state index in [-0.39, 0.29) is 19.3 Å². The number of phosphoric acid groups is 2. The number of carbonyl (C=O) groups is 3. The number of esters is 3. The Balaban J connectivity index is 4.59. The van der Waals surface area contributed by atoms with Crippen molar-refractivity contribution in [3.63, 3.8) is 0 Å². The van der Waals surface area contributed by atoms with E-state index >= 15 is 0 Å². The van der Waals surface area contributed by atoms with Gasteiger partial charge in [0, 0.05) is 19.3 Å². The van der Waals surface area contributed by atoms with Crippen LogP contribution in [0.2, 0.25) is 0 Å². The van der Waals surface area contributed by atoms with Gasteiger partial charge >= 0.3 is 33.6 Å². The molecule has 0 rings (SSSR count). The number of carbonyl (C=O) groups excluding carboxylic acids is 3. The molecule has 0 bridgehead atoms. The van der Waals surface area contributed by atoms with Gasteiger partial charge in [0.15, 0.2) is 6.10 Å². The lowest BCUT2D eigenvalue weighted by Gasteiger charge is -2.21. The lowest BCUT2D eigenvalue weighted by Crippen LogP contribution is -2.30. The van der Waals surface area contributed by atoms with Gasteiger partial charge in [-0.25, -0.2) is 9.13 Å². The van der Waals surface area contributed by atoms with E-state index in [9.17, 15) is 43.5 Å². The lowest BCUT2D eigenvalue weighted by atomic mass is 10.0. The molecule has 0 aliphatic rings. The monoisotopic (exact) mass is 1620 g/mol. The summed E-state index contributed by atoms with van der Waals surface area (Å²) in [5.41, 5.74) is 0. The predicted octanol–water partition coefficient (Wildman–Crippen LogP) is 27.3. The minimum absolute atomic E-state index is 0.0840. The fraction of sp³-hybridized carbons (Fsp3) is 0.695. The summed E-state index contributed by atoms with van der Waals surface area (Å²) < 4.78 is 61.4. The molecule has 113 heavy (non-hydrogen) atoms. The molecule has 4 N–H and O–H groups in total. The van der Waals surface area contributed by atoms with Crippen LogP contribution >= 0.6 is 15.6 Å². The zero-order valence-corrected chi connectivity index (χ0v) is 73.0. The second kappa shape index (κ2) is 86.5. The topological polar surface area (TPSA) is 231 Å². The summed E-state index contributed by atoms with van der Waals surface area (Å²) in [4.78, 5) is 58.9. The third-order valence-corrected chi connectivity index (χ3v) is 20.6. The molecular weight excluding hydrogens is 1460 g/mol. The Hall–Kier alpha value is -4.83. The molecule has 5 atom stereocenters. The number of ether oxygens (including phenoxy) is 3. The molecule has 0 heterocycles. The van der Waals surface area contributed by atoms with Crippen molar-refractivity contribution < 1.29 is 75.8 Å². The summed E-state index contributed by atoms with van der Waals surface area (Å²) in [6.45, 7) is 2.52. The zero-order chi connectivity index (χ0) is 82.2. The van der Waals surface area contributed by atoms with Crippen LogP contribution in [0.4, 0.5) is 0 Å². The van der Waals surface area contributed by atoms with Gasteiger partial charge in [-0.15, -0.1) is 0 Å². The van der Waals surface area contributed by atoms with Crippen LogP contribution in [0.1, 0.15) is 367 Å². The Bertz CT molecular complexity index is 2680. The molecule has 648 valence electrons. The highest BCUT2D eigenvalue weighted by Gasteiger charge is 2.29. The fourth-order valence-corrected chi connectivity index (χ4v) is 13.5. The third kappa shape index (κ3) is 87.8. The van der Waals surface area contributed by atoms with Gasteiger partial charge in [-0.1, -0.05) is 352 Å². The first-order chi connectivity index (χ1) is 55.2. The van der Waals surface area contributed by atoms with Crippen LogP contribution < -0.4 is 0 Å². The van der Waals surface area contributed by atoms with E-state index in [0.717, 1.165) is 180 Å². The lowest BCUT2D eigenvalue weighted by molar-refractivity contribution is -0.161. The van der Waals surface area contributed by atoms with Crippen LogP contribution in [0.5, 0.6) is 0 Å². The Kier molecular flexibility index (Phi) is 82.8. The molecule has 0 aromatic rings. The molecule has 0 fully saturated rings. The van der Waals surface area contributed by atoms with Crippen LogP contribution in [0.25, 0.3) is 0 Å². The van der Waals surface area contributed by atoms with Crippen molar-refractivity contribution in [3.05, 3.63) is 158 Å². The SMILES string of the molecule is CC/C=C\C/C=C\C/C=C\C/C=C\C/C=C\C/C=C\CCCCCCCCCCC(=O)OCC(COP(=O)(O)OCC(O)COP(=O)(O)OCC(O)COC(=O)CCCCCCCCCCCCCCCCC/C=C\C/C=C\C/C=C\C/C=C\CCCCC)OC(=O)CCCCCCCC/C=C\C/C=C\C/C=C\CCCCC.